The number of fused-ring (bicyclic) bond motifs is 1. The van der Waals surface area contributed by atoms with Crippen molar-refractivity contribution in [3.63, 3.8) is 0 Å². The fraction of sp³-hybridized carbons (Fsp3) is 0.222. The van der Waals surface area contributed by atoms with Gasteiger partial charge >= 0.3 is 0 Å². The maximum absolute atomic E-state index is 13.7. The van der Waals surface area contributed by atoms with E-state index in [2.05, 4.69) is 0 Å². The molecule has 0 radical (unpaired) electrons. The molecule has 1 aromatic heterocycles. The molecule has 4 rings (SSSR count). The Balaban J connectivity index is 1.92. The van der Waals surface area contributed by atoms with E-state index in [9.17, 15) is 14.0 Å². The van der Waals surface area contributed by atoms with Crippen LogP contribution in [0.15, 0.2) is 77.6 Å². The number of carbonyl (C=O) groups excluding carboxylic acids is 1. The van der Waals surface area contributed by atoms with Crippen LogP contribution in [0.25, 0.3) is 16.6 Å². The minimum Gasteiger partial charge on any atom is -0.492 e. The van der Waals surface area contributed by atoms with E-state index in [-0.39, 0.29) is 11.5 Å². The molecule has 0 bridgehead atoms. The van der Waals surface area contributed by atoms with Crippen molar-refractivity contribution in [1.29, 1.82) is 0 Å². The number of benzene rings is 3. The van der Waals surface area contributed by atoms with Gasteiger partial charge in [0.25, 0.3) is 11.5 Å². The molecule has 0 saturated heterocycles. The zero-order chi connectivity index (χ0) is 24.2. The van der Waals surface area contributed by atoms with Gasteiger partial charge in [-0.3, -0.25) is 14.2 Å². The zero-order valence-corrected chi connectivity index (χ0v) is 19.4. The van der Waals surface area contributed by atoms with Crippen LogP contribution in [-0.4, -0.2) is 33.5 Å². The van der Waals surface area contributed by atoms with Gasteiger partial charge in [0.1, 0.15) is 17.4 Å². The molecule has 174 valence electrons. The van der Waals surface area contributed by atoms with Crippen LogP contribution >= 0.6 is 0 Å². The third-order valence-corrected chi connectivity index (χ3v) is 5.74. The second kappa shape index (κ2) is 9.87. The van der Waals surface area contributed by atoms with Gasteiger partial charge in [0.2, 0.25) is 0 Å². The minimum atomic E-state index is -0.561. The molecule has 0 aliphatic carbocycles. The van der Waals surface area contributed by atoms with Gasteiger partial charge in [-0.25, -0.2) is 9.37 Å². The lowest BCUT2D eigenvalue weighted by atomic mass is 10.1. The zero-order valence-electron chi connectivity index (χ0n) is 19.4. The predicted octanol–water partition coefficient (Wildman–Crippen LogP) is 5.15. The number of hydrogen-bond acceptors (Lipinski definition) is 4. The maximum Gasteiger partial charge on any atom is 0.266 e. The first-order chi connectivity index (χ1) is 16.5. The average Bonchev–Trinajstić information content (AvgIpc) is 2.85. The van der Waals surface area contributed by atoms with Gasteiger partial charge in [-0.15, -0.1) is 0 Å². The van der Waals surface area contributed by atoms with Crippen LogP contribution in [0.3, 0.4) is 0 Å². The largest absolute Gasteiger partial charge is 0.492 e. The summed E-state index contributed by atoms with van der Waals surface area (Å²) in [7, 11) is 0. The van der Waals surface area contributed by atoms with E-state index in [0.29, 0.717) is 46.9 Å². The van der Waals surface area contributed by atoms with Crippen LogP contribution in [0.5, 0.6) is 5.75 Å². The van der Waals surface area contributed by atoms with E-state index in [1.54, 1.807) is 35.2 Å². The van der Waals surface area contributed by atoms with Crippen LogP contribution in [0.4, 0.5) is 4.39 Å². The Kier molecular flexibility index (Phi) is 6.72. The molecule has 0 aliphatic rings. The summed E-state index contributed by atoms with van der Waals surface area (Å²) in [6, 6.07) is 19.3. The van der Waals surface area contributed by atoms with Crippen LogP contribution in [0.1, 0.15) is 43.0 Å². The molecule has 4 aromatic rings. The van der Waals surface area contributed by atoms with Gasteiger partial charge in [0, 0.05) is 12.1 Å². The summed E-state index contributed by atoms with van der Waals surface area (Å²) in [4.78, 5) is 33.5. The summed E-state index contributed by atoms with van der Waals surface area (Å²) >= 11 is 0. The fourth-order valence-electron chi connectivity index (χ4n) is 4.07. The van der Waals surface area contributed by atoms with Crippen molar-refractivity contribution in [2.45, 2.75) is 26.8 Å². The van der Waals surface area contributed by atoms with Crippen molar-refractivity contribution < 1.29 is 13.9 Å². The molecule has 6 nitrogen and oxygen atoms in total. The molecule has 0 spiro atoms. The average molecular weight is 460 g/mol. The topological polar surface area (TPSA) is 64.4 Å². The summed E-state index contributed by atoms with van der Waals surface area (Å²) in [6.45, 7) is 6.37. The lowest BCUT2D eigenvalue weighted by Crippen LogP contribution is -2.37. The normalized spacial score (nSPS) is 11.9. The van der Waals surface area contributed by atoms with E-state index in [1.807, 2.05) is 39.0 Å². The number of para-hydroxylation sites is 3. The number of rotatable bonds is 7. The molecule has 34 heavy (non-hydrogen) atoms. The first-order valence-electron chi connectivity index (χ1n) is 11.3. The summed E-state index contributed by atoms with van der Waals surface area (Å²) in [5.74, 6) is 0.269. The number of halogens is 1. The fourth-order valence-corrected chi connectivity index (χ4v) is 4.07. The smallest absolute Gasteiger partial charge is 0.266 e. The van der Waals surface area contributed by atoms with Gasteiger partial charge in [0.05, 0.1) is 29.2 Å². The second-order valence-electron chi connectivity index (χ2n) is 7.80. The standard InChI is InChI=1S/C27H26FN3O3/c1-4-30(26(32)19-14-16-20(28)17-15-19)18(3)25-29-22-11-7-6-10-21(22)27(33)31(25)23-12-8-9-13-24(23)34-5-2/h6-18H,4-5H2,1-3H3. The molecular formula is C27H26FN3O3. The SMILES string of the molecule is CCOc1ccccc1-n1c(C(C)N(CC)C(=O)c2ccc(F)cc2)nc2ccccc2c1=O. The molecule has 0 N–H and O–H groups in total. The van der Waals surface area contributed by atoms with Crippen LogP contribution in [-0.2, 0) is 0 Å². The van der Waals surface area contributed by atoms with E-state index in [0.717, 1.165) is 0 Å². The van der Waals surface area contributed by atoms with E-state index < -0.39 is 11.9 Å². The molecule has 3 aromatic carbocycles. The highest BCUT2D eigenvalue weighted by Crippen LogP contribution is 2.28. The van der Waals surface area contributed by atoms with Crippen molar-refractivity contribution >= 4 is 16.8 Å². The Hall–Kier alpha value is -4.00. The summed E-state index contributed by atoms with van der Waals surface area (Å²) < 4.78 is 20.7. The van der Waals surface area contributed by atoms with E-state index in [1.165, 1.54) is 28.8 Å². The molecule has 1 amide bonds. The quantitative estimate of drug-likeness (QED) is 0.384. The number of amides is 1. The lowest BCUT2D eigenvalue weighted by Gasteiger charge is -2.30. The monoisotopic (exact) mass is 459 g/mol. The summed E-state index contributed by atoms with van der Waals surface area (Å²) in [5.41, 5.74) is 1.22. The lowest BCUT2D eigenvalue weighted by molar-refractivity contribution is 0.0693. The van der Waals surface area contributed by atoms with Crippen LogP contribution in [0, 0.1) is 5.82 Å². The van der Waals surface area contributed by atoms with Crippen molar-refractivity contribution in [3.05, 3.63) is 100 Å². The van der Waals surface area contributed by atoms with E-state index >= 15 is 0 Å². The first kappa shape index (κ1) is 23.2. The highest BCUT2D eigenvalue weighted by molar-refractivity contribution is 5.94. The highest BCUT2D eigenvalue weighted by Gasteiger charge is 2.27. The van der Waals surface area contributed by atoms with Crippen molar-refractivity contribution in [2.75, 3.05) is 13.2 Å². The molecular weight excluding hydrogens is 433 g/mol. The molecule has 0 aliphatic heterocycles. The van der Waals surface area contributed by atoms with Crippen LogP contribution < -0.4 is 10.3 Å². The van der Waals surface area contributed by atoms with Gasteiger partial charge in [-0.05, 0) is 69.3 Å². The van der Waals surface area contributed by atoms with Gasteiger partial charge < -0.3 is 9.64 Å². The maximum atomic E-state index is 13.7. The molecule has 1 heterocycles. The Morgan fingerprint density at radius 2 is 1.71 bits per heavy atom. The Bertz CT molecular complexity index is 1380. The second-order valence-corrected chi connectivity index (χ2v) is 7.80. The van der Waals surface area contributed by atoms with Gasteiger partial charge in [0.15, 0.2) is 0 Å². The number of nitrogens with zero attached hydrogens (tertiary/aromatic N) is 3. The predicted molar refractivity (Wildman–Crippen MR) is 130 cm³/mol. The summed E-state index contributed by atoms with van der Waals surface area (Å²) in [5, 5.41) is 0.470. The Morgan fingerprint density at radius 3 is 2.41 bits per heavy atom. The summed E-state index contributed by atoms with van der Waals surface area (Å²) in [6.07, 6.45) is 0. The molecule has 1 unspecified atom stereocenters. The third kappa shape index (κ3) is 4.29. The Labute approximate surface area is 197 Å². The highest BCUT2D eigenvalue weighted by atomic mass is 19.1. The van der Waals surface area contributed by atoms with Gasteiger partial charge in [-0.2, -0.15) is 0 Å². The van der Waals surface area contributed by atoms with Crippen molar-refractivity contribution in [3.8, 4) is 11.4 Å². The number of aromatic nitrogens is 2. The van der Waals surface area contributed by atoms with E-state index in [4.69, 9.17) is 9.72 Å². The number of hydrogen-bond donors (Lipinski definition) is 0. The van der Waals surface area contributed by atoms with Crippen molar-refractivity contribution in [2.24, 2.45) is 0 Å². The Morgan fingerprint density at radius 1 is 1.03 bits per heavy atom. The molecule has 0 saturated carbocycles. The molecule has 0 fully saturated rings. The molecule has 1 atom stereocenters. The van der Waals surface area contributed by atoms with Crippen molar-refractivity contribution in [1.82, 2.24) is 14.5 Å². The number of carbonyl (C=O) groups is 1. The molecule has 7 heteroatoms. The van der Waals surface area contributed by atoms with Gasteiger partial charge in [-0.1, -0.05) is 24.3 Å². The third-order valence-electron chi connectivity index (χ3n) is 5.74. The number of ether oxygens (including phenoxy) is 1. The minimum absolute atomic E-state index is 0.245. The first-order valence-corrected chi connectivity index (χ1v) is 11.3. The van der Waals surface area contributed by atoms with Crippen LogP contribution in [0.2, 0.25) is 0 Å².